The van der Waals surface area contributed by atoms with Crippen molar-refractivity contribution in [1.82, 2.24) is 0 Å². The Balaban J connectivity index is 2.00. The summed E-state index contributed by atoms with van der Waals surface area (Å²) in [6, 6.07) is 0. The average molecular weight is 184 g/mol. The molecule has 2 fully saturated rings. The maximum atomic E-state index is 9.63. The van der Waals surface area contributed by atoms with E-state index in [0.717, 1.165) is 19.4 Å². The first-order valence-electron chi connectivity index (χ1n) is 4.89. The van der Waals surface area contributed by atoms with E-state index in [2.05, 4.69) is 6.58 Å². The molecule has 0 saturated carbocycles. The summed E-state index contributed by atoms with van der Waals surface area (Å²) in [5.41, 5.74) is 0. The van der Waals surface area contributed by atoms with Crippen molar-refractivity contribution in [2.45, 2.75) is 43.7 Å². The third-order valence-electron chi connectivity index (χ3n) is 2.80. The molecule has 2 saturated heterocycles. The molecule has 13 heavy (non-hydrogen) atoms. The molecule has 4 atom stereocenters. The monoisotopic (exact) mass is 184 g/mol. The summed E-state index contributed by atoms with van der Waals surface area (Å²) in [5.74, 6) is 0. The summed E-state index contributed by atoms with van der Waals surface area (Å²) in [6.07, 6.45) is 4.07. The van der Waals surface area contributed by atoms with Crippen LogP contribution in [-0.2, 0) is 9.47 Å². The number of fused-ring (bicyclic) bond motifs is 1. The number of hydrogen-bond donors (Lipinski definition) is 1. The largest absolute Gasteiger partial charge is 0.390 e. The molecule has 0 amide bonds. The van der Waals surface area contributed by atoms with Crippen LogP contribution in [0.2, 0.25) is 0 Å². The number of ether oxygens (including phenoxy) is 2. The van der Waals surface area contributed by atoms with E-state index in [-0.39, 0.29) is 18.3 Å². The van der Waals surface area contributed by atoms with Crippen molar-refractivity contribution in [1.29, 1.82) is 0 Å². The molecule has 2 aliphatic heterocycles. The van der Waals surface area contributed by atoms with Crippen LogP contribution >= 0.6 is 0 Å². The van der Waals surface area contributed by atoms with E-state index in [4.69, 9.17) is 9.47 Å². The Kier molecular flexibility index (Phi) is 2.67. The van der Waals surface area contributed by atoms with Crippen LogP contribution in [0.15, 0.2) is 12.7 Å². The molecule has 0 bridgehead atoms. The number of aliphatic hydroxyl groups excluding tert-OH is 1. The Bertz CT molecular complexity index is 193. The fourth-order valence-electron chi connectivity index (χ4n) is 2.07. The normalized spacial score (nSPS) is 45.3. The lowest BCUT2D eigenvalue weighted by atomic mass is 9.94. The molecule has 0 aromatic heterocycles. The average Bonchev–Trinajstić information content (AvgIpc) is 2.17. The second-order valence-corrected chi connectivity index (χ2v) is 3.73. The van der Waals surface area contributed by atoms with Gasteiger partial charge >= 0.3 is 0 Å². The quantitative estimate of drug-likeness (QED) is 0.614. The van der Waals surface area contributed by atoms with Gasteiger partial charge in [0, 0.05) is 13.0 Å². The Morgan fingerprint density at radius 2 is 2.23 bits per heavy atom. The Labute approximate surface area is 78.3 Å². The van der Waals surface area contributed by atoms with Crippen LogP contribution in [-0.4, -0.2) is 36.1 Å². The summed E-state index contributed by atoms with van der Waals surface area (Å²) in [5, 5.41) is 9.63. The fourth-order valence-corrected chi connectivity index (χ4v) is 2.07. The summed E-state index contributed by atoms with van der Waals surface area (Å²) in [7, 11) is 0. The van der Waals surface area contributed by atoms with Gasteiger partial charge in [0.2, 0.25) is 0 Å². The highest BCUT2D eigenvalue weighted by Gasteiger charge is 2.37. The van der Waals surface area contributed by atoms with Gasteiger partial charge in [-0.25, -0.2) is 0 Å². The minimum Gasteiger partial charge on any atom is -0.390 e. The van der Waals surface area contributed by atoms with E-state index in [9.17, 15) is 5.11 Å². The molecule has 2 aliphatic rings. The molecule has 0 aliphatic carbocycles. The highest BCUT2D eigenvalue weighted by Crippen LogP contribution is 2.29. The maximum Gasteiger partial charge on any atom is 0.102 e. The molecule has 0 aromatic rings. The number of aliphatic hydroxyl groups is 1. The van der Waals surface area contributed by atoms with Gasteiger partial charge in [-0.1, -0.05) is 6.08 Å². The van der Waals surface area contributed by atoms with Crippen LogP contribution in [0, 0.1) is 0 Å². The topological polar surface area (TPSA) is 38.7 Å². The molecule has 74 valence electrons. The van der Waals surface area contributed by atoms with Gasteiger partial charge in [-0.3, -0.25) is 0 Å². The SMILES string of the molecule is C=C[C@@H]1O[C@H]2CCCO[C@@H]2C[C@H]1O. The van der Waals surface area contributed by atoms with E-state index in [1.54, 1.807) is 6.08 Å². The predicted molar refractivity (Wildman–Crippen MR) is 48.5 cm³/mol. The van der Waals surface area contributed by atoms with Crippen LogP contribution in [0.25, 0.3) is 0 Å². The third-order valence-corrected chi connectivity index (χ3v) is 2.80. The molecule has 3 heteroatoms. The molecule has 0 unspecified atom stereocenters. The van der Waals surface area contributed by atoms with Crippen LogP contribution in [0.1, 0.15) is 19.3 Å². The standard InChI is InChI=1S/C10H16O3/c1-2-8-7(11)6-10-9(13-8)4-3-5-12-10/h2,7-11H,1,3-6H2/t7-,8+,9+,10-/m1/s1. The molecular formula is C10H16O3. The van der Waals surface area contributed by atoms with Gasteiger partial charge in [0.05, 0.1) is 18.3 Å². The minimum absolute atomic E-state index is 0.0972. The van der Waals surface area contributed by atoms with Gasteiger partial charge in [0.15, 0.2) is 0 Å². The Morgan fingerprint density at radius 3 is 3.00 bits per heavy atom. The lowest BCUT2D eigenvalue weighted by Crippen LogP contribution is -2.49. The van der Waals surface area contributed by atoms with Crippen LogP contribution in [0.4, 0.5) is 0 Å². The first-order chi connectivity index (χ1) is 6.31. The zero-order valence-electron chi connectivity index (χ0n) is 7.69. The van der Waals surface area contributed by atoms with E-state index in [0.29, 0.717) is 6.42 Å². The van der Waals surface area contributed by atoms with Crippen LogP contribution in [0.5, 0.6) is 0 Å². The first kappa shape index (κ1) is 9.19. The third kappa shape index (κ3) is 1.77. The molecule has 3 nitrogen and oxygen atoms in total. The van der Waals surface area contributed by atoms with Crippen molar-refractivity contribution in [2.24, 2.45) is 0 Å². The molecule has 2 heterocycles. The molecule has 0 radical (unpaired) electrons. The maximum absolute atomic E-state index is 9.63. The van der Waals surface area contributed by atoms with E-state index >= 15 is 0 Å². The van der Waals surface area contributed by atoms with Gasteiger partial charge in [0.1, 0.15) is 6.10 Å². The molecular weight excluding hydrogens is 168 g/mol. The Morgan fingerprint density at radius 1 is 1.38 bits per heavy atom. The zero-order chi connectivity index (χ0) is 9.26. The van der Waals surface area contributed by atoms with E-state index < -0.39 is 6.10 Å². The summed E-state index contributed by atoms with van der Waals surface area (Å²) in [6.45, 7) is 4.45. The van der Waals surface area contributed by atoms with Crippen molar-refractivity contribution in [2.75, 3.05) is 6.61 Å². The highest BCUT2D eigenvalue weighted by atomic mass is 16.6. The van der Waals surface area contributed by atoms with Crippen molar-refractivity contribution >= 4 is 0 Å². The van der Waals surface area contributed by atoms with Crippen LogP contribution in [0.3, 0.4) is 0 Å². The van der Waals surface area contributed by atoms with Gasteiger partial charge < -0.3 is 14.6 Å². The van der Waals surface area contributed by atoms with Crippen molar-refractivity contribution < 1.29 is 14.6 Å². The second-order valence-electron chi connectivity index (χ2n) is 3.73. The van der Waals surface area contributed by atoms with Gasteiger partial charge in [-0.15, -0.1) is 6.58 Å². The minimum atomic E-state index is -0.447. The second kappa shape index (κ2) is 3.78. The summed E-state index contributed by atoms with van der Waals surface area (Å²) >= 11 is 0. The van der Waals surface area contributed by atoms with E-state index in [1.807, 2.05) is 0 Å². The predicted octanol–water partition coefficient (Wildman–Crippen LogP) is 0.870. The van der Waals surface area contributed by atoms with Crippen LogP contribution < -0.4 is 0 Å². The zero-order valence-corrected chi connectivity index (χ0v) is 7.69. The van der Waals surface area contributed by atoms with E-state index in [1.165, 1.54) is 0 Å². The lowest BCUT2D eigenvalue weighted by molar-refractivity contribution is -0.188. The number of rotatable bonds is 1. The van der Waals surface area contributed by atoms with Gasteiger partial charge in [0.25, 0.3) is 0 Å². The summed E-state index contributed by atoms with van der Waals surface area (Å²) in [4.78, 5) is 0. The Hall–Kier alpha value is -0.380. The molecule has 0 aromatic carbocycles. The molecule has 0 spiro atoms. The van der Waals surface area contributed by atoms with Gasteiger partial charge in [-0.05, 0) is 12.8 Å². The van der Waals surface area contributed by atoms with Crippen molar-refractivity contribution in [3.63, 3.8) is 0 Å². The van der Waals surface area contributed by atoms with Gasteiger partial charge in [-0.2, -0.15) is 0 Å². The lowest BCUT2D eigenvalue weighted by Gasteiger charge is -2.40. The fraction of sp³-hybridized carbons (Fsp3) is 0.800. The number of hydrogen-bond acceptors (Lipinski definition) is 3. The first-order valence-corrected chi connectivity index (χ1v) is 4.89. The molecule has 1 N–H and O–H groups in total. The highest BCUT2D eigenvalue weighted by molar-refractivity contribution is 4.95. The van der Waals surface area contributed by atoms with Crippen molar-refractivity contribution in [3.8, 4) is 0 Å². The summed E-state index contributed by atoms with van der Waals surface area (Å²) < 4.78 is 11.2. The van der Waals surface area contributed by atoms with Crippen molar-refractivity contribution in [3.05, 3.63) is 12.7 Å². The smallest absolute Gasteiger partial charge is 0.102 e. The molecule has 2 rings (SSSR count).